The summed E-state index contributed by atoms with van der Waals surface area (Å²) < 4.78 is 28.5. The first-order valence-electron chi connectivity index (χ1n) is 7.50. The number of piperidine rings is 2. The molecule has 2 heterocycles. The Morgan fingerprint density at radius 2 is 1.89 bits per heavy atom. The molecule has 0 radical (unpaired) electrons. The highest BCUT2D eigenvalue weighted by Crippen LogP contribution is 2.37. The zero-order valence-electron chi connectivity index (χ0n) is 12.2. The second-order valence-electron chi connectivity index (χ2n) is 5.81. The van der Waals surface area contributed by atoms with Crippen LogP contribution >= 0.6 is 0 Å². The molecular formula is C13H27N3O2S. The first-order chi connectivity index (χ1) is 9.04. The summed E-state index contributed by atoms with van der Waals surface area (Å²) in [5.41, 5.74) is 0.177. The van der Waals surface area contributed by atoms with Gasteiger partial charge in [-0.25, -0.2) is 0 Å². The quantitative estimate of drug-likeness (QED) is 0.841. The van der Waals surface area contributed by atoms with Gasteiger partial charge >= 0.3 is 0 Å². The highest BCUT2D eigenvalue weighted by molar-refractivity contribution is 7.86. The third-order valence-corrected chi connectivity index (χ3v) is 6.68. The fraction of sp³-hybridized carbons (Fsp3) is 1.00. The number of hydrogen-bond acceptors (Lipinski definition) is 3. The molecule has 2 rings (SSSR count). The Morgan fingerprint density at radius 1 is 1.21 bits per heavy atom. The smallest absolute Gasteiger partial charge is 0.281 e. The molecule has 112 valence electrons. The zero-order valence-corrected chi connectivity index (χ0v) is 13.0. The minimum Gasteiger partial charge on any atom is -0.316 e. The van der Waals surface area contributed by atoms with Gasteiger partial charge in [0.15, 0.2) is 0 Å². The summed E-state index contributed by atoms with van der Waals surface area (Å²) in [6.07, 6.45) is 4.47. The lowest BCUT2D eigenvalue weighted by Gasteiger charge is -2.45. The van der Waals surface area contributed by atoms with Crippen molar-refractivity contribution in [2.45, 2.75) is 39.5 Å². The fourth-order valence-corrected chi connectivity index (χ4v) is 5.23. The van der Waals surface area contributed by atoms with Crippen LogP contribution in [0.1, 0.15) is 39.5 Å². The minimum absolute atomic E-state index is 0.177. The van der Waals surface area contributed by atoms with E-state index in [1.165, 1.54) is 6.42 Å². The van der Waals surface area contributed by atoms with E-state index in [4.69, 9.17) is 0 Å². The molecule has 0 bridgehead atoms. The van der Waals surface area contributed by atoms with Crippen LogP contribution in [0, 0.1) is 5.41 Å². The molecule has 0 aromatic rings. The third-order valence-electron chi connectivity index (χ3n) is 4.55. The summed E-state index contributed by atoms with van der Waals surface area (Å²) in [7, 11) is -3.26. The van der Waals surface area contributed by atoms with Gasteiger partial charge < -0.3 is 5.32 Å². The molecular weight excluding hydrogens is 262 g/mol. The van der Waals surface area contributed by atoms with E-state index in [9.17, 15) is 8.42 Å². The molecule has 19 heavy (non-hydrogen) atoms. The third kappa shape index (κ3) is 3.12. The van der Waals surface area contributed by atoms with Gasteiger partial charge in [0.25, 0.3) is 10.2 Å². The summed E-state index contributed by atoms with van der Waals surface area (Å²) in [5, 5.41) is 3.44. The van der Waals surface area contributed by atoms with E-state index in [0.29, 0.717) is 26.2 Å². The largest absolute Gasteiger partial charge is 0.316 e. The van der Waals surface area contributed by atoms with E-state index in [1.54, 1.807) is 8.61 Å². The van der Waals surface area contributed by atoms with Gasteiger partial charge in [0.05, 0.1) is 0 Å². The molecule has 0 aromatic heterocycles. The molecule has 0 aliphatic carbocycles. The predicted molar refractivity (Wildman–Crippen MR) is 77.2 cm³/mol. The van der Waals surface area contributed by atoms with Gasteiger partial charge in [-0.1, -0.05) is 13.8 Å². The Kier molecular flexibility index (Phi) is 4.87. The maximum atomic E-state index is 12.6. The lowest BCUT2D eigenvalue weighted by molar-refractivity contribution is 0.106. The highest BCUT2D eigenvalue weighted by atomic mass is 32.2. The number of rotatable bonds is 4. The van der Waals surface area contributed by atoms with Crippen molar-refractivity contribution in [1.29, 1.82) is 0 Å². The van der Waals surface area contributed by atoms with Crippen LogP contribution in [0.5, 0.6) is 0 Å². The van der Waals surface area contributed by atoms with Crippen LogP contribution in [0.15, 0.2) is 0 Å². The lowest BCUT2D eigenvalue weighted by Crippen LogP contribution is -2.55. The van der Waals surface area contributed by atoms with Crippen molar-refractivity contribution in [3.63, 3.8) is 0 Å². The number of hydrogen-bond donors (Lipinski definition) is 1. The van der Waals surface area contributed by atoms with Crippen molar-refractivity contribution in [3.05, 3.63) is 0 Å². The molecule has 1 N–H and O–H groups in total. The monoisotopic (exact) mass is 289 g/mol. The molecule has 2 saturated heterocycles. The molecule has 0 aromatic carbocycles. The van der Waals surface area contributed by atoms with Gasteiger partial charge in [0.1, 0.15) is 0 Å². The van der Waals surface area contributed by atoms with Gasteiger partial charge in [0.2, 0.25) is 0 Å². The summed E-state index contributed by atoms with van der Waals surface area (Å²) in [4.78, 5) is 0. The van der Waals surface area contributed by atoms with Gasteiger partial charge in [-0.2, -0.15) is 17.0 Å². The second kappa shape index (κ2) is 6.08. The van der Waals surface area contributed by atoms with Gasteiger partial charge in [-0.15, -0.1) is 0 Å². The van der Waals surface area contributed by atoms with Crippen LogP contribution in [-0.4, -0.2) is 56.3 Å². The average molecular weight is 289 g/mol. The lowest BCUT2D eigenvalue weighted by atomic mass is 9.75. The maximum Gasteiger partial charge on any atom is 0.281 e. The van der Waals surface area contributed by atoms with E-state index in [2.05, 4.69) is 5.32 Å². The van der Waals surface area contributed by atoms with Crippen LogP contribution in [0.25, 0.3) is 0 Å². The van der Waals surface area contributed by atoms with Gasteiger partial charge in [-0.3, -0.25) is 0 Å². The summed E-state index contributed by atoms with van der Waals surface area (Å²) >= 11 is 0. The molecule has 1 atom stereocenters. The Bertz CT molecular complexity index is 381. The summed E-state index contributed by atoms with van der Waals surface area (Å²) in [6, 6.07) is 0. The van der Waals surface area contributed by atoms with Gasteiger partial charge in [0, 0.05) is 32.7 Å². The molecule has 2 fully saturated rings. The van der Waals surface area contributed by atoms with Crippen molar-refractivity contribution < 1.29 is 8.42 Å². The number of nitrogens with zero attached hydrogens (tertiary/aromatic N) is 2. The fourth-order valence-electron chi connectivity index (χ4n) is 3.45. The van der Waals surface area contributed by atoms with Crippen molar-refractivity contribution in [3.8, 4) is 0 Å². The standard InChI is InChI=1S/C13H27N3O2S/c1-3-15(4-2)19(17,18)16-10-6-8-13(12-16)7-5-9-14-11-13/h14H,3-12H2,1-2H3. The van der Waals surface area contributed by atoms with Gasteiger partial charge in [-0.05, 0) is 37.6 Å². The molecule has 1 spiro atoms. The molecule has 2 aliphatic rings. The average Bonchev–Trinajstić information content (AvgIpc) is 2.41. The highest BCUT2D eigenvalue weighted by Gasteiger charge is 2.41. The Balaban J connectivity index is 2.12. The Labute approximate surface area is 117 Å². The van der Waals surface area contributed by atoms with Crippen LogP contribution in [-0.2, 0) is 10.2 Å². The Hall–Kier alpha value is -0.170. The zero-order chi connectivity index (χ0) is 13.9. The molecule has 1 unspecified atom stereocenters. The van der Waals surface area contributed by atoms with Crippen LogP contribution in [0.3, 0.4) is 0 Å². The first-order valence-corrected chi connectivity index (χ1v) is 8.90. The first kappa shape index (κ1) is 15.2. The van der Waals surface area contributed by atoms with E-state index in [1.807, 2.05) is 13.8 Å². The van der Waals surface area contributed by atoms with Crippen molar-refractivity contribution in [1.82, 2.24) is 13.9 Å². The van der Waals surface area contributed by atoms with E-state index in [0.717, 1.165) is 32.4 Å². The van der Waals surface area contributed by atoms with E-state index >= 15 is 0 Å². The van der Waals surface area contributed by atoms with Crippen molar-refractivity contribution in [2.75, 3.05) is 39.3 Å². The van der Waals surface area contributed by atoms with Crippen molar-refractivity contribution in [2.24, 2.45) is 5.41 Å². The summed E-state index contributed by atoms with van der Waals surface area (Å²) in [5.74, 6) is 0. The minimum atomic E-state index is -3.26. The van der Waals surface area contributed by atoms with Crippen LogP contribution < -0.4 is 5.32 Å². The predicted octanol–water partition coefficient (Wildman–Crippen LogP) is 1.04. The topological polar surface area (TPSA) is 52.7 Å². The summed E-state index contributed by atoms with van der Waals surface area (Å²) in [6.45, 7) is 8.34. The molecule has 6 heteroatoms. The van der Waals surface area contributed by atoms with Crippen LogP contribution in [0.4, 0.5) is 0 Å². The maximum absolute atomic E-state index is 12.6. The van der Waals surface area contributed by atoms with E-state index in [-0.39, 0.29) is 5.41 Å². The molecule has 5 nitrogen and oxygen atoms in total. The normalized spacial score (nSPS) is 30.1. The SMILES string of the molecule is CCN(CC)S(=O)(=O)N1CCCC2(CCCNC2)C1. The van der Waals surface area contributed by atoms with Crippen LogP contribution in [0.2, 0.25) is 0 Å². The van der Waals surface area contributed by atoms with E-state index < -0.39 is 10.2 Å². The molecule has 2 aliphatic heterocycles. The molecule has 0 saturated carbocycles. The second-order valence-corrected chi connectivity index (χ2v) is 7.74. The van der Waals surface area contributed by atoms with Crippen molar-refractivity contribution >= 4 is 10.2 Å². The Morgan fingerprint density at radius 3 is 2.47 bits per heavy atom. The number of nitrogens with one attached hydrogen (secondary N) is 1. The molecule has 0 amide bonds.